The van der Waals surface area contributed by atoms with Crippen LogP contribution in [0.3, 0.4) is 0 Å². The molecule has 0 spiro atoms. The first-order chi connectivity index (χ1) is 32.0. The fraction of sp³-hybridized carbons (Fsp3) is 0.396. The van der Waals surface area contributed by atoms with Gasteiger partial charge in [-0.15, -0.1) is 0 Å². The standard InChI is InChI=1S/C48H56N6O12S/c1-30-25-53(45(60)52-43(30)67-29-64-44(59)47(2,3)4)27-40(57)50-23-22-49-39(56)21-12-31-26-54(46(61)51-42(31)58)41-24-37(55)38(66-41)28-65-48(32-10-8-7-9-11-32,33-13-17-35(62-5)18-14-33)34-15-19-36(63-6)20-16-34/h7-11,13-20,25-26,37-38,41,55H,12,21-24,27-29H2,1-6H3,(H,49,56)(H,50,57)(H,51,58,61)/t37-,38+,41+/m0/s1. The molecule has 3 atom stereocenters. The van der Waals surface area contributed by atoms with Crippen LogP contribution in [-0.2, 0) is 47.2 Å². The molecule has 1 aliphatic rings. The fourth-order valence-corrected chi connectivity index (χ4v) is 8.09. The summed E-state index contributed by atoms with van der Waals surface area (Å²) in [7, 11) is 3.17. The number of aromatic amines is 1. The third kappa shape index (κ3) is 12.5. The number of amides is 2. The fourth-order valence-electron chi connectivity index (χ4n) is 7.39. The minimum absolute atomic E-state index is 0.0145. The molecular formula is C48H56N6O12S. The highest BCUT2D eigenvalue weighted by Crippen LogP contribution is 2.42. The highest BCUT2D eigenvalue weighted by Gasteiger charge is 2.42. The normalized spacial score (nSPS) is 16.0. The molecular weight excluding hydrogens is 885 g/mol. The summed E-state index contributed by atoms with van der Waals surface area (Å²) in [6.07, 6.45) is -0.196. The molecule has 2 aromatic heterocycles. The van der Waals surface area contributed by atoms with Gasteiger partial charge in [0.1, 0.15) is 46.9 Å². The van der Waals surface area contributed by atoms with Crippen molar-refractivity contribution < 1.29 is 43.2 Å². The van der Waals surface area contributed by atoms with Gasteiger partial charge in [-0.2, -0.15) is 4.98 Å². The van der Waals surface area contributed by atoms with E-state index in [9.17, 15) is 33.9 Å². The van der Waals surface area contributed by atoms with Crippen molar-refractivity contribution in [3.63, 3.8) is 0 Å². The molecule has 2 amide bonds. The second kappa shape index (κ2) is 22.3. The van der Waals surface area contributed by atoms with Crippen molar-refractivity contribution in [2.75, 3.05) is 39.9 Å². The first-order valence-corrected chi connectivity index (χ1v) is 22.6. The van der Waals surface area contributed by atoms with Crippen molar-refractivity contribution in [3.8, 4) is 11.5 Å². The van der Waals surface area contributed by atoms with Crippen LogP contribution in [0.4, 0.5) is 0 Å². The van der Waals surface area contributed by atoms with E-state index >= 15 is 0 Å². The lowest BCUT2D eigenvalue weighted by Crippen LogP contribution is -2.38. The monoisotopic (exact) mass is 940 g/mol. The highest BCUT2D eigenvalue weighted by atomic mass is 32.2. The molecule has 3 heterocycles. The number of nitrogens with zero attached hydrogens (tertiary/aromatic N) is 3. The number of carbonyl (C=O) groups is 3. The van der Waals surface area contributed by atoms with Gasteiger partial charge in [0.05, 0.1) is 32.3 Å². The number of ether oxygens (including phenoxy) is 5. The molecule has 0 bridgehead atoms. The predicted molar refractivity (Wildman–Crippen MR) is 248 cm³/mol. The lowest BCUT2D eigenvalue weighted by Gasteiger charge is -2.37. The number of aliphatic hydroxyl groups is 1. The van der Waals surface area contributed by atoms with Gasteiger partial charge >= 0.3 is 17.3 Å². The highest BCUT2D eigenvalue weighted by molar-refractivity contribution is 7.99. The molecule has 1 aliphatic heterocycles. The Kier molecular flexibility index (Phi) is 16.6. The van der Waals surface area contributed by atoms with Crippen molar-refractivity contribution in [1.29, 1.82) is 0 Å². The number of hydrogen-bond donors (Lipinski definition) is 4. The van der Waals surface area contributed by atoms with Gasteiger partial charge < -0.3 is 39.4 Å². The summed E-state index contributed by atoms with van der Waals surface area (Å²) >= 11 is 1.10. The summed E-state index contributed by atoms with van der Waals surface area (Å²) < 4.78 is 31.7. The molecule has 0 unspecified atom stereocenters. The molecule has 5 aromatic rings. The second-order valence-corrected chi connectivity index (χ2v) is 17.8. The Bertz CT molecular complexity index is 2630. The average molecular weight is 941 g/mol. The molecule has 67 heavy (non-hydrogen) atoms. The van der Waals surface area contributed by atoms with Crippen LogP contribution in [0, 0.1) is 12.3 Å². The molecule has 3 aromatic carbocycles. The summed E-state index contributed by atoms with van der Waals surface area (Å²) in [5.41, 5.74) is -0.784. The van der Waals surface area contributed by atoms with E-state index in [1.807, 2.05) is 78.9 Å². The Balaban J connectivity index is 1.04. The number of nitrogens with one attached hydrogen (secondary N) is 3. The number of rotatable bonds is 20. The number of aromatic nitrogens is 4. The van der Waals surface area contributed by atoms with E-state index in [1.165, 1.54) is 17.0 Å². The van der Waals surface area contributed by atoms with E-state index < -0.39 is 58.2 Å². The van der Waals surface area contributed by atoms with Crippen molar-refractivity contribution >= 4 is 29.5 Å². The third-order valence-corrected chi connectivity index (χ3v) is 11.9. The van der Waals surface area contributed by atoms with Gasteiger partial charge in [0.2, 0.25) is 11.8 Å². The number of benzene rings is 3. The van der Waals surface area contributed by atoms with Crippen molar-refractivity contribution in [1.82, 2.24) is 29.7 Å². The molecule has 6 rings (SSSR count). The molecule has 19 heteroatoms. The topological polar surface area (TPSA) is 231 Å². The van der Waals surface area contributed by atoms with Gasteiger partial charge in [-0.3, -0.25) is 33.3 Å². The molecule has 356 valence electrons. The quantitative estimate of drug-likeness (QED) is 0.0218. The number of esters is 1. The number of methoxy groups -OCH3 is 2. The van der Waals surface area contributed by atoms with E-state index in [2.05, 4.69) is 20.6 Å². The molecule has 1 saturated heterocycles. The first-order valence-electron chi connectivity index (χ1n) is 21.6. The molecule has 0 aliphatic carbocycles. The van der Waals surface area contributed by atoms with Crippen LogP contribution in [0.15, 0.2) is 111 Å². The van der Waals surface area contributed by atoms with Gasteiger partial charge in [-0.1, -0.05) is 66.4 Å². The van der Waals surface area contributed by atoms with Crippen LogP contribution in [0.2, 0.25) is 0 Å². The van der Waals surface area contributed by atoms with Gasteiger partial charge in [0.25, 0.3) is 5.56 Å². The maximum absolute atomic E-state index is 13.1. The van der Waals surface area contributed by atoms with Crippen molar-refractivity contribution in [2.45, 2.75) is 82.6 Å². The van der Waals surface area contributed by atoms with E-state index in [-0.39, 0.29) is 63.0 Å². The largest absolute Gasteiger partial charge is 0.497 e. The minimum Gasteiger partial charge on any atom is -0.497 e. The zero-order valence-electron chi connectivity index (χ0n) is 38.2. The smallest absolute Gasteiger partial charge is 0.349 e. The summed E-state index contributed by atoms with van der Waals surface area (Å²) in [6, 6.07) is 24.6. The Labute approximate surface area is 391 Å². The molecule has 1 fully saturated rings. The van der Waals surface area contributed by atoms with Crippen LogP contribution in [-0.4, -0.2) is 94.1 Å². The van der Waals surface area contributed by atoms with Crippen LogP contribution in [0.1, 0.15) is 67.7 Å². The van der Waals surface area contributed by atoms with Gasteiger partial charge in [0, 0.05) is 43.9 Å². The number of aryl methyl sites for hydroxylation is 2. The maximum atomic E-state index is 13.1. The zero-order valence-corrected chi connectivity index (χ0v) is 39.1. The lowest BCUT2D eigenvalue weighted by molar-refractivity contribution is -0.150. The van der Waals surface area contributed by atoms with Crippen molar-refractivity contribution in [2.24, 2.45) is 5.41 Å². The molecule has 0 radical (unpaired) electrons. The number of aliphatic hydroxyl groups excluding tert-OH is 1. The van der Waals surface area contributed by atoms with E-state index in [0.29, 0.717) is 22.1 Å². The molecule has 4 N–H and O–H groups in total. The number of hydrogen-bond acceptors (Lipinski definition) is 14. The number of carbonyl (C=O) groups excluding carboxylic acids is 3. The predicted octanol–water partition coefficient (Wildman–Crippen LogP) is 3.58. The minimum atomic E-state index is -1.19. The third-order valence-electron chi connectivity index (χ3n) is 11.0. The second-order valence-electron chi connectivity index (χ2n) is 16.9. The Hall–Kier alpha value is -6.54. The first kappa shape index (κ1) is 49.9. The van der Waals surface area contributed by atoms with Crippen LogP contribution in [0.25, 0.3) is 0 Å². The summed E-state index contributed by atoms with van der Waals surface area (Å²) in [6.45, 7) is 6.64. The Morgan fingerprint density at radius 3 is 2.06 bits per heavy atom. The molecule has 18 nitrogen and oxygen atoms in total. The number of thioether (sulfide) groups is 1. The van der Waals surface area contributed by atoms with E-state index in [1.54, 1.807) is 41.9 Å². The van der Waals surface area contributed by atoms with Crippen LogP contribution >= 0.6 is 11.8 Å². The summed E-state index contributed by atoms with van der Waals surface area (Å²) in [5, 5.41) is 17.0. The van der Waals surface area contributed by atoms with E-state index in [0.717, 1.165) is 33.0 Å². The Morgan fingerprint density at radius 1 is 0.866 bits per heavy atom. The Morgan fingerprint density at radius 2 is 1.46 bits per heavy atom. The maximum Gasteiger partial charge on any atom is 0.349 e. The van der Waals surface area contributed by atoms with Gasteiger partial charge in [-0.05, 0) is 80.6 Å². The zero-order chi connectivity index (χ0) is 48.3. The van der Waals surface area contributed by atoms with Crippen LogP contribution < -0.4 is 37.0 Å². The molecule has 0 saturated carbocycles. The summed E-state index contributed by atoms with van der Waals surface area (Å²) in [4.78, 5) is 82.4. The van der Waals surface area contributed by atoms with Gasteiger partial charge in [0.15, 0.2) is 0 Å². The van der Waals surface area contributed by atoms with Crippen LogP contribution in [0.5, 0.6) is 11.5 Å². The average Bonchev–Trinajstić information content (AvgIpc) is 3.68. The lowest BCUT2D eigenvalue weighted by atomic mass is 9.80. The summed E-state index contributed by atoms with van der Waals surface area (Å²) in [5.74, 6) is 0.0204. The SMILES string of the molecule is COc1ccc(C(OC[C@H]2O[C@@H](n3cc(CCC(=O)NCCNC(=O)Cn4cc(C)c(SCOC(=O)C(C)(C)C)nc4=O)c(=O)[nH]c3=O)C[C@@H]2O)(c2ccccc2)c2ccc(OC)cc2)cc1. The number of H-pyrrole nitrogens is 1. The van der Waals surface area contributed by atoms with Gasteiger partial charge in [-0.25, -0.2) is 9.59 Å². The van der Waals surface area contributed by atoms with Crippen molar-refractivity contribution in [3.05, 3.63) is 150 Å². The van der Waals surface area contributed by atoms with E-state index in [4.69, 9.17) is 23.7 Å².